The van der Waals surface area contributed by atoms with Crippen molar-refractivity contribution < 1.29 is 14.0 Å². The Kier molecular flexibility index (Phi) is 7.19. The van der Waals surface area contributed by atoms with Gasteiger partial charge in [0.25, 0.3) is 0 Å². The number of carbonyl (C=O) groups is 2. The first-order valence-corrected chi connectivity index (χ1v) is 9.90. The summed E-state index contributed by atoms with van der Waals surface area (Å²) >= 11 is 0. The highest BCUT2D eigenvalue weighted by Gasteiger charge is 2.17. The van der Waals surface area contributed by atoms with Gasteiger partial charge in [0.15, 0.2) is 0 Å². The van der Waals surface area contributed by atoms with E-state index in [1.54, 1.807) is 12.1 Å². The number of anilines is 2. The Morgan fingerprint density at radius 2 is 1.59 bits per heavy atom. The van der Waals surface area contributed by atoms with Crippen molar-refractivity contribution in [2.75, 3.05) is 49.5 Å². The Hall–Kier alpha value is -2.93. The van der Waals surface area contributed by atoms with Crippen LogP contribution in [0.4, 0.5) is 15.8 Å². The van der Waals surface area contributed by atoms with Gasteiger partial charge in [0.1, 0.15) is 5.82 Å². The molecular formula is C22H27FN4O2. The lowest BCUT2D eigenvalue weighted by Gasteiger charge is -2.36. The SMILES string of the molecule is Cc1ccc(NC(=O)C(=O)NCCCN2CCN(c3ccc(F)cc3)CC2)cc1. The summed E-state index contributed by atoms with van der Waals surface area (Å²) in [5, 5.41) is 5.26. The summed E-state index contributed by atoms with van der Waals surface area (Å²) in [6.45, 7) is 6.88. The third kappa shape index (κ3) is 6.29. The van der Waals surface area contributed by atoms with Gasteiger partial charge in [-0.1, -0.05) is 17.7 Å². The highest BCUT2D eigenvalue weighted by Crippen LogP contribution is 2.16. The number of rotatable bonds is 6. The molecule has 0 spiro atoms. The first kappa shape index (κ1) is 20.8. The number of amides is 2. The van der Waals surface area contributed by atoms with Crippen molar-refractivity contribution in [3.05, 3.63) is 59.9 Å². The molecule has 1 saturated heterocycles. The van der Waals surface area contributed by atoms with E-state index < -0.39 is 11.8 Å². The fraction of sp³-hybridized carbons (Fsp3) is 0.364. The van der Waals surface area contributed by atoms with E-state index in [2.05, 4.69) is 20.4 Å². The number of aryl methyl sites for hydroxylation is 1. The van der Waals surface area contributed by atoms with E-state index in [9.17, 15) is 14.0 Å². The molecule has 1 heterocycles. The van der Waals surface area contributed by atoms with Crippen LogP contribution in [0.25, 0.3) is 0 Å². The fourth-order valence-electron chi connectivity index (χ4n) is 3.29. The molecule has 1 fully saturated rings. The topological polar surface area (TPSA) is 64.7 Å². The van der Waals surface area contributed by atoms with Crippen LogP contribution >= 0.6 is 0 Å². The summed E-state index contributed by atoms with van der Waals surface area (Å²) in [5.74, 6) is -1.49. The number of hydrogen-bond donors (Lipinski definition) is 2. The van der Waals surface area contributed by atoms with Gasteiger partial charge in [-0.3, -0.25) is 14.5 Å². The van der Waals surface area contributed by atoms with Crippen molar-refractivity contribution in [2.24, 2.45) is 0 Å². The molecule has 2 aromatic rings. The van der Waals surface area contributed by atoms with Crippen LogP contribution in [0.2, 0.25) is 0 Å². The average Bonchev–Trinajstić information content (AvgIpc) is 2.74. The molecule has 2 aromatic carbocycles. The van der Waals surface area contributed by atoms with Crippen LogP contribution < -0.4 is 15.5 Å². The number of carbonyl (C=O) groups excluding carboxylic acids is 2. The zero-order chi connectivity index (χ0) is 20.6. The highest BCUT2D eigenvalue weighted by molar-refractivity contribution is 6.39. The van der Waals surface area contributed by atoms with E-state index in [1.165, 1.54) is 12.1 Å². The Bertz CT molecular complexity index is 816. The molecule has 0 unspecified atom stereocenters. The molecule has 2 N–H and O–H groups in total. The molecule has 0 aliphatic carbocycles. The number of piperazine rings is 1. The summed E-state index contributed by atoms with van der Waals surface area (Å²) < 4.78 is 13.0. The van der Waals surface area contributed by atoms with E-state index >= 15 is 0 Å². The molecule has 0 aromatic heterocycles. The minimum absolute atomic E-state index is 0.220. The van der Waals surface area contributed by atoms with E-state index in [4.69, 9.17) is 0 Å². The van der Waals surface area contributed by atoms with Crippen molar-refractivity contribution in [1.82, 2.24) is 10.2 Å². The van der Waals surface area contributed by atoms with Gasteiger partial charge >= 0.3 is 11.8 Å². The van der Waals surface area contributed by atoms with Gasteiger partial charge in [0.05, 0.1) is 0 Å². The summed E-state index contributed by atoms with van der Waals surface area (Å²) in [5.41, 5.74) is 2.73. The molecule has 1 aliphatic heterocycles. The lowest BCUT2D eigenvalue weighted by Crippen LogP contribution is -2.47. The Labute approximate surface area is 170 Å². The molecule has 0 saturated carbocycles. The van der Waals surface area contributed by atoms with Gasteiger partial charge in [0, 0.05) is 44.1 Å². The third-order valence-corrected chi connectivity index (χ3v) is 5.02. The number of hydrogen-bond acceptors (Lipinski definition) is 4. The third-order valence-electron chi connectivity index (χ3n) is 5.02. The monoisotopic (exact) mass is 398 g/mol. The summed E-state index contributed by atoms with van der Waals surface area (Å²) in [6.07, 6.45) is 0.778. The van der Waals surface area contributed by atoms with Crippen LogP contribution in [-0.2, 0) is 9.59 Å². The van der Waals surface area contributed by atoms with Crippen molar-refractivity contribution >= 4 is 23.2 Å². The largest absolute Gasteiger partial charge is 0.369 e. The molecule has 7 heteroatoms. The molecule has 154 valence electrons. The van der Waals surface area contributed by atoms with E-state index in [0.29, 0.717) is 12.2 Å². The van der Waals surface area contributed by atoms with E-state index in [1.807, 2.05) is 31.2 Å². The van der Waals surface area contributed by atoms with Crippen molar-refractivity contribution in [1.29, 1.82) is 0 Å². The van der Waals surface area contributed by atoms with Crippen molar-refractivity contribution in [3.8, 4) is 0 Å². The van der Waals surface area contributed by atoms with Crippen LogP contribution in [-0.4, -0.2) is 56.0 Å². The van der Waals surface area contributed by atoms with Crippen LogP contribution in [0.3, 0.4) is 0 Å². The normalized spacial score (nSPS) is 14.5. The van der Waals surface area contributed by atoms with Crippen LogP contribution in [0.15, 0.2) is 48.5 Å². The van der Waals surface area contributed by atoms with Gasteiger partial charge < -0.3 is 15.5 Å². The number of nitrogens with zero attached hydrogens (tertiary/aromatic N) is 2. The van der Waals surface area contributed by atoms with Gasteiger partial charge in [-0.25, -0.2) is 4.39 Å². The number of halogens is 1. The first-order valence-electron chi connectivity index (χ1n) is 9.90. The zero-order valence-electron chi connectivity index (χ0n) is 16.7. The highest BCUT2D eigenvalue weighted by atomic mass is 19.1. The molecule has 0 radical (unpaired) electrons. The lowest BCUT2D eigenvalue weighted by atomic mass is 10.2. The maximum absolute atomic E-state index is 13.0. The van der Waals surface area contributed by atoms with Gasteiger partial charge in [-0.2, -0.15) is 0 Å². The molecular weight excluding hydrogens is 371 g/mol. The maximum atomic E-state index is 13.0. The van der Waals surface area contributed by atoms with Gasteiger partial charge in [-0.05, 0) is 56.3 Å². The Morgan fingerprint density at radius 3 is 2.24 bits per heavy atom. The first-order chi connectivity index (χ1) is 14.0. The molecule has 2 amide bonds. The average molecular weight is 398 g/mol. The van der Waals surface area contributed by atoms with Crippen molar-refractivity contribution in [3.63, 3.8) is 0 Å². The second-order valence-electron chi connectivity index (χ2n) is 7.23. The Balaban J connectivity index is 1.31. The lowest BCUT2D eigenvalue weighted by molar-refractivity contribution is -0.136. The second kappa shape index (κ2) is 10.0. The molecule has 29 heavy (non-hydrogen) atoms. The molecule has 1 aliphatic rings. The number of benzene rings is 2. The van der Waals surface area contributed by atoms with E-state index in [-0.39, 0.29) is 5.82 Å². The molecule has 3 rings (SSSR count). The molecule has 6 nitrogen and oxygen atoms in total. The molecule has 0 bridgehead atoms. The minimum atomic E-state index is -0.651. The van der Waals surface area contributed by atoms with Crippen molar-refractivity contribution in [2.45, 2.75) is 13.3 Å². The van der Waals surface area contributed by atoms with Crippen LogP contribution in [0, 0.1) is 12.7 Å². The Morgan fingerprint density at radius 1 is 0.931 bits per heavy atom. The standard InChI is InChI=1S/C22H27FN4O2/c1-17-3-7-19(8-4-17)25-22(29)21(28)24-11-2-12-26-13-15-27(16-14-26)20-9-5-18(23)6-10-20/h3-10H,2,11-16H2,1H3,(H,24,28)(H,25,29). The van der Waals surface area contributed by atoms with Crippen LogP contribution in [0.5, 0.6) is 0 Å². The summed E-state index contributed by atoms with van der Waals surface area (Å²) in [6, 6.07) is 13.9. The number of nitrogens with one attached hydrogen (secondary N) is 2. The predicted octanol–water partition coefficient (Wildman–Crippen LogP) is 2.40. The van der Waals surface area contributed by atoms with Gasteiger partial charge in [-0.15, -0.1) is 0 Å². The maximum Gasteiger partial charge on any atom is 0.313 e. The smallest absolute Gasteiger partial charge is 0.313 e. The van der Waals surface area contributed by atoms with Gasteiger partial charge in [0.2, 0.25) is 0 Å². The van der Waals surface area contributed by atoms with Crippen LogP contribution in [0.1, 0.15) is 12.0 Å². The fourth-order valence-corrected chi connectivity index (χ4v) is 3.29. The quantitative estimate of drug-likeness (QED) is 0.579. The van der Waals surface area contributed by atoms with E-state index in [0.717, 1.165) is 50.4 Å². The second-order valence-corrected chi connectivity index (χ2v) is 7.23. The predicted molar refractivity (Wildman–Crippen MR) is 112 cm³/mol. The molecule has 0 atom stereocenters. The summed E-state index contributed by atoms with van der Waals surface area (Å²) in [7, 11) is 0. The zero-order valence-corrected chi connectivity index (χ0v) is 16.7. The summed E-state index contributed by atoms with van der Waals surface area (Å²) in [4.78, 5) is 28.4. The minimum Gasteiger partial charge on any atom is -0.369 e.